The van der Waals surface area contributed by atoms with Crippen LogP contribution in [0.5, 0.6) is 0 Å². The highest BCUT2D eigenvalue weighted by molar-refractivity contribution is 9.10. The molecule has 3 amide bonds. The number of benzene rings is 1. The summed E-state index contributed by atoms with van der Waals surface area (Å²) in [6.07, 6.45) is 1.21. The topological polar surface area (TPSA) is 110 Å². The Balaban J connectivity index is 1.45. The van der Waals surface area contributed by atoms with E-state index in [0.29, 0.717) is 22.7 Å². The van der Waals surface area contributed by atoms with Crippen molar-refractivity contribution in [3.05, 3.63) is 46.8 Å². The SMILES string of the molecule is O=C(CNC(=O)c1ccc(Br)o1)Nc1ccc(NC(=O)C2CCCO2)cc1. The summed E-state index contributed by atoms with van der Waals surface area (Å²) in [6.45, 7) is 0.408. The lowest BCUT2D eigenvalue weighted by atomic mass is 10.2. The van der Waals surface area contributed by atoms with E-state index in [1.54, 1.807) is 30.3 Å². The molecule has 0 radical (unpaired) electrons. The summed E-state index contributed by atoms with van der Waals surface area (Å²) in [6, 6.07) is 9.78. The van der Waals surface area contributed by atoms with E-state index in [2.05, 4.69) is 31.9 Å². The Labute approximate surface area is 163 Å². The summed E-state index contributed by atoms with van der Waals surface area (Å²) in [7, 11) is 0. The molecule has 0 saturated carbocycles. The van der Waals surface area contributed by atoms with Crippen LogP contribution in [-0.2, 0) is 14.3 Å². The third-order valence-electron chi connectivity index (χ3n) is 3.86. The number of carbonyl (C=O) groups excluding carboxylic acids is 3. The average molecular weight is 436 g/mol. The second-order valence-electron chi connectivity index (χ2n) is 5.90. The molecule has 1 aliphatic rings. The van der Waals surface area contributed by atoms with Gasteiger partial charge in [0.15, 0.2) is 10.4 Å². The van der Waals surface area contributed by atoms with Gasteiger partial charge in [0.05, 0.1) is 6.54 Å². The average Bonchev–Trinajstić information content (AvgIpc) is 3.33. The Kier molecular flexibility index (Phi) is 6.25. The normalized spacial score (nSPS) is 16.0. The van der Waals surface area contributed by atoms with Crippen molar-refractivity contribution in [3.63, 3.8) is 0 Å². The largest absolute Gasteiger partial charge is 0.444 e. The second kappa shape index (κ2) is 8.83. The van der Waals surface area contributed by atoms with Gasteiger partial charge in [0.25, 0.3) is 11.8 Å². The van der Waals surface area contributed by atoms with Gasteiger partial charge in [0.2, 0.25) is 5.91 Å². The molecular formula is C18H18BrN3O5. The van der Waals surface area contributed by atoms with Crippen molar-refractivity contribution in [1.82, 2.24) is 5.32 Å². The Hall–Kier alpha value is -2.65. The fourth-order valence-corrected chi connectivity index (χ4v) is 2.84. The van der Waals surface area contributed by atoms with E-state index >= 15 is 0 Å². The molecular weight excluding hydrogens is 418 g/mol. The van der Waals surface area contributed by atoms with Crippen molar-refractivity contribution in [3.8, 4) is 0 Å². The van der Waals surface area contributed by atoms with Crippen LogP contribution in [0.1, 0.15) is 23.4 Å². The number of carbonyl (C=O) groups is 3. The highest BCUT2D eigenvalue weighted by Crippen LogP contribution is 2.17. The second-order valence-corrected chi connectivity index (χ2v) is 6.68. The van der Waals surface area contributed by atoms with Crippen LogP contribution >= 0.6 is 15.9 Å². The van der Waals surface area contributed by atoms with Gasteiger partial charge in [-0.25, -0.2) is 0 Å². The standard InChI is InChI=1S/C18H18BrN3O5/c19-15-8-7-14(27-15)17(24)20-10-16(23)21-11-3-5-12(6-4-11)22-18(25)13-2-1-9-26-13/h3-8,13H,1-2,9-10H2,(H,20,24)(H,21,23)(H,22,25). The molecule has 0 bridgehead atoms. The van der Waals surface area contributed by atoms with E-state index in [1.807, 2.05) is 0 Å². The summed E-state index contributed by atoms with van der Waals surface area (Å²) < 4.78 is 10.9. The van der Waals surface area contributed by atoms with Gasteiger partial charge in [0.1, 0.15) is 6.10 Å². The van der Waals surface area contributed by atoms with Crippen LogP contribution < -0.4 is 16.0 Å². The van der Waals surface area contributed by atoms with Crippen LogP contribution in [0.2, 0.25) is 0 Å². The van der Waals surface area contributed by atoms with Gasteiger partial charge in [-0.15, -0.1) is 0 Å². The quantitative estimate of drug-likeness (QED) is 0.645. The van der Waals surface area contributed by atoms with Gasteiger partial charge >= 0.3 is 0 Å². The van der Waals surface area contributed by atoms with Crippen LogP contribution in [0.3, 0.4) is 0 Å². The lowest BCUT2D eigenvalue weighted by molar-refractivity contribution is -0.124. The van der Waals surface area contributed by atoms with Gasteiger partial charge in [0, 0.05) is 18.0 Å². The Morgan fingerprint density at radius 3 is 2.33 bits per heavy atom. The van der Waals surface area contributed by atoms with Gasteiger partial charge in [-0.3, -0.25) is 14.4 Å². The molecule has 27 heavy (non-hydrogen) atoms. The fraction of sp³-hybridized carbons (Fsp3) is 0.278. The predicted octanol–water partition coefficient (Wildman–Crippen LogP) is 2.53. The number of furan rings is 1. The molecule has 1 saturated heterocycles. The first-order chi connectivity index (χ1) is 13.0. The maximum atomic E-state index is 12.0. The van der Waals surface area contributed by atoms with Crippen molar-refractivity contribution in [1.29, 1.82) is 0 Å². The first-order valence-corrected chi connectivity index (χ1v) is 9.16. The maximum Gasteiger partial charge on any atom is 0.287 e. The first kappa shape index (κ1) is 19.1. The zero-order valence-corrected chi connectivity index (χ0v) is 15.9. The lowest BCUT2D eigenvalue weighted by Crippen LogP contribution is -2.32. The van der Waals surface area contributed by atoms with E-state index in [0.717, 1.165) is 12.8 Å². The molecule has 1 unspecified atom stereocenters. The molecule has 1 atom stereocenters. The summed E-state index contributed by atoms with van der Waals surface area (Å²) in [4.78, 5) is 35.7. The summed E-state index contributed by atoms with van der Waals surface area (Å²) in [5.74, 6) is -0.925. The van der Waals surface area contributed by atoms with E-state index in [-0.39, 0.29) is 24.1 Å². The number of ether oxygens (including phenoxy) is 1. The number of hydrogen-bond acceptors (Lipinski definition) is 5. The maximum absolute atomic E-state index is 12.0. The molecule has 2 aromatic rings. The van der Waals surface area contributed by atoms with Gasteiger partial charge < -0.3 is 25.1 Å². The number of amides is 3. The molecule has 8 nitrogen and oxygen atoms in total. The molecule has 1 fully saturated rings. The molecule has 0 aliphatic carbocycles. The molecule has 1 aliphatic heterocycles. The van der Waals surface area contributed by atoms with Crippen molar-refractivity contribution >= 4 is 45.0 Å². The number of anilines is 2. The van der Waals surface area contributed by atoms with E-state index in [9.17, 15) is 14.4 Å². The molecule has 2 heterocycles. The lowest BCUT2D eigenvalue weighted by Gasteiger charge is -2.11. The Morgan fingerprint density at radius 2 is 1.74 bits per heavy atom. The molecule has 3 rings (SSSR count). The zero-order valence-electron chi connectivity index (χ0n) is 14.3. The van der Waals surface area contributed by atoms with Crippen LogP contribution in [-0.4, -0.2) is 37.0 Å². The third-order valence-corrected chi connectivity index (χ3v) is 4.29. The molecule has 142 valence electrons. The molecule has 3 N–H and O–H groups in total. The highest BCUT2D eigenvalue weighted by atomic mass is 79.9. The minimum Gasteiger partial charge on any atom is -0.444 e. The van der Waals surface area contributed by atoms with Gasteiger partial charge in [-0.1, -0.05) is 0 Å². The van der Waals surface area contributed by atoms with Crippen LogP contribution in [0.4, 0.5) is 11.4 Å². The first-order valence-electron chi connectivity index (χ1n) is 8.37. The minimum absolute atomic E-state index is 0.112. The van der Waals surface area contributed by atoms with Gasteiger partial charge in [-0.2, -0.15) is 0 Å². The minimum atomic E-state index is -0.483. The molecule has 9 heteroatoms. The molecule has 1 aromatic carbocycles. The van der Waals surface area contributed by atoms with Crippen molar-refractivity contribution < 1.29 is 23.5 Å². The van der Waals surface area contributed by atoms with E-state index in [1.165, 1.54) is 6.07 Å². The van der Waals surface area contributed by atoms with Crippen LogP contribution in [0.15, 0.2) is 45.5 Å². The number of rotatable bonds is 6. The van der Waals surface area contributed by atoms with Crippen LogP contribution in [0, 0.1) is 0 Å². The highest BCUT2D eigenvalue weighted by Gasteiger charge is 2.23. The van der Waals surface area contributed by atoms with E-state index in [4.69, 9.17) is 9.15 Å². The van der Waals surface area contributed by atoms with Crippen molar-refractivity contribution in [2.45, 2.75) is 18.9 Å². The number of nitrogens with one attached hydrogen (secondary N) is 3. The van der Waals surface area contributed by atoms with Gasteiger partial charge in [-0.05, 0) is 65.2 Å². The van der Waals surface area contributed by atoms with Crippen molar-refractivity contribution in [2.24, 2.45) is 0 Å². The van der Waals surface area contributed by atoms with Crippen LogP contribution in [0.25, 0.3) is 0 Å². The third kappa shape index (κ3) is 5.41. The zero-order chi connectivity index (χ0) is 19.2. The van der Waals surface area contributed by atoms with Crippen molar-refractivity contribution in [2.75, 3.05) is 23.8 Å². The molecule has 1 aromatic heterocycles. The summed E-state index contributed by atoms with van der Waals surface area (Å²) >= 11 is 3.11. The molecule has 0 spiro atoms. The Morgan fingerprint density at radius 1 is 1.04 bits per heavy atom. The fourth-order valence-electron chi connectivity index (χ4n) is 2.53. The predicted molar refractivity (Wildman–Crippen MR) is 101 cm³/mol. The Bertz CT molecular complexity index is 828. The number of hydrogen-bond donors (Lipinski definition) is 3. The summed E-state index contributed by atoms with van der Waals surface area (Å²) in [5.41, 5.74) is 1.16. The van der Waals surface area contributed by atoms with E-state index < -0.39 is 12.0 Å². The smallest absolute Gasteiger partial charge is 0.287 e. The monoisotopic (exact) mass is 435 g/mol. The number of halogens is 1. The summed E-state index contributed by atoms with van der Waals surface area (Å²) in [5, 5.41) is 7.90.